The van der Waals surface area contributed by atoms with Gasteiger partial charge in [0.15, 0.2) is 0 Å². The monoisotopic (exact) mass is 366 g/mol. The summed E-state index contributed by atoms with van der Waals surface area (Å²) in [4.78, 5) is 13.8. The largest absolute Gasteiger partial charge is 0.397 e. The van der Waals surface area contributed by atoms with E-state index in [0.717, 1.165) is 33.1 Å². The van der Waals surface area contributed by atoms with Crippen LogP contribution in [0.1, 0.15) is 26.5 Å². The fourth-order valence-electron chi connectivity index (χ4n) is 2.99. The molecule has 4 aromatic rings. The van der Waals surface area contributed by atoms with Crippen molar-refractivity contribution < 1.29 is 4.79 Å². The predicted molar refractivity (Wildman–Crippen MR) is 103 cm³/mol. The minimum atomic E-state index is -0.200. The quantitative estimate of drug-likeness (QED) is 0.581. The lowest BCUT2D eigenvalue weighted by atomic mass is 10.1. The van der Waals surface area contributed by atoms with Crippen molar-refractivity contribution in [2.45, 2.75) is 20.4 Å². The number of carbonyl (C=O) groups is 1. The maximum absolute atomic E-state index is 12.6. The molecule has 3 N–H and O–H groups in total. The number of fused-ring (bicyclic) bond motifs is 2. The number of carbonyl (C=O) groups excluding carboxylic acids is 1. The van der Waals surface area contributed by atoms with Crippen molar-refractivity contribution in [1.82, 2.24) is 25.3 Å². The van der Waals surface area contributed by atoms with Crippen molar-refractivity contribution in [2.75, 3.05) is 5.73 Å². The van der Waals surface area contributed by atoms with E-state index in [1.807, 2.05) is 50.0 Å². The molecule has 0 atom stereocenters. The standard InChI is InChI=1S/C18H18N6OS/c1-9-10(2)22-23-18-14(9)15(19)16(26-18)17(25)20-7-11-4-5-13-12(6-11)8-21-24(13)3/h4-6,8H,7,19H2,1-3H3,(H,20,25). The molecular weight excluding hydrogens is 348 g/mol. The molecule has 0 saturated carbocycles. The molecule has 0 unspecified atom stereocenters. The number of benzene rings is 1. The van der Waals surface area contributed by atoms with E-state index in [9.17, 15) is 4.79 Å². The van der Waals surface area contributed by atoms with Crippen molar-refractivity contribution in [3.63, 3.8) is 0 Å². The zero-order valence-electron chi connectivity index (χ0n) is 14.7. The van der Waals surface area contributed by atoms with Gasteiger partial charge in [-0.05, 0) is 37.1 Å². The Morgan fingerprint density at radius 2 is 2.12 bits per heavy atom. The van der Waals surface area contributed by atoms with Crippen LogP contribution in [-0.4, -0.2) is 25.9 Å². The summed E-state index contributed by atoms with van der Waals surface area (Å²) in [5.74, 6) is -0.200. The molecule has 1 aromatic carbocycles. The second-order valence-electron chi connectivity index (χ2n) is 6.28. The van der Waals surface area contributed by atoms with Crippen LogP contribution >= 0.6 is 11.3 Å². The fraction of sp³-hybridized carbons (Fsp3) is 0.222. The third-order valence-corrected chi connectivity index (χ3v) is 5.69. The van der Waals surface area contributed by atoms with E-state index in [4.69, 9.17) is 5.73 Å². The van der Waals surface area contributed by atoms with Gasteiger partial charge in [0.05, 0.1) is 23.1 Å². The first-order valence-corrected chi connectivity index (χ1v) is 8.98. The third kappa shape index (κ3) is 2.59. The topological polar surface area (TPSA) is 98.7 Å². The van der Waals surface area contributed by atoms with Crippen LogP contribution in [0.4, 0.5) is 5.69 Å². The molecule has 26 heavy (non-hydrogen) atoms. The zero-order chi connectivity index (χ0) is 18.4. The lowest BCUT2D eigenvalue weighted by Gasteiger charge is -2.05. The van der Waals surface area contributed by atoms with Crippen LogP contribution in [0.15, 0.2) is 24.4 Å². The third-order valence-electron chi connectivity index (χ3n) is 4.60. The molecule has 0 radical (unpaired) electrons. The first-order valence-electron chi connectivity index (χ1n) is 8.16. The lowest BCUT2D eigenvalue weighted by Crippen LogP contribution is -2.22. The van der Waals surface area contributed by atoms with Gasteiger partial charge in [0.25, 0.3) is 5.91 Å². The Balaban J connectivity index is 1.58. The maximum atomic E-state index is 12.6. The van der Waals surface area contributed by atoms with Crippen molar-refractivity contribution in [3.8, 4) is 0 Å². The minimum absolute atomic E-state index is 0.200. The van der Waals surface area contributed by atoms with Gasteiger partial charge in [0, 0.05) is 24.4 Å². The van der Waals surface area contributed by atoms with E-state index in [0.29, 0.717) is 21.9 Å². The number of aromatic nitrogens is 4. The number of nitrogens with one attached hydrogen (secondary N) is 1. The van der Waals surface area contributed by atoms with Gasteiger partial charge in [-0.3, -0.25) is 9.48 Å². The molecule has 0 aliphatic rings. The summed E-state index contributed by atoms with van der Waals surface area (Å²) in [7, 11) is 1.90. The highest BCUT2D eigenvalue weighted by Crippen LogP contribution is 2.34. The number of nitrogen functional groups attached to an aromatic ring is 1. The first-order chi connectivity index (χ1) is 12.5. The number of hydrogen-bond acceptors (Lipinski definition) is 6. The van der Waals surface area contributed by atoms with Crippen LogP contribution in [0, 0.1) is 13.8 Å². The van der Waals surface area contributed by atoms with E-state index in [1.54, 1.807) is 0 Å². The fourth-order valence-corrected chi connectivity index (χ4v) is 4.01. The van der Waals surface area contributed by atoms with Gasteiger partial charge >= 0.3 is 0 Å². The number of anilines is 1. The summed E-state index contributed by atoms with van der Waals surface area (Å²) in [6.45, 7) is 4.24. The average Bonchev–Trinajstić information content (AvgIpc) is 3.17. The van der Waals surface area contributed by atoms with Crippen LogP contribution in [0.3, 0.4) is 0 Å². The Kier molecular flexibility index (Phi) is 3.84. The highest BCUT2D eigenvalue weighted by molar-refractivity contribution is 7.21. The highest BCUT2D eigenvalue weighted by atomic mass is 32.1. The normalized spacial score (nSPS) is 11.3. The molecular formula is C18H18N6OS. The zero-order valence-corrected chi connectivity index (χ0v) is 15.5. The SMILES string of the molecule is Cc1nnc2sc(C(=O)NCc3ccc4c(cnn4C)c3)c(N)c2c1C. The van der Waals surface area contributed by atoms with Gasteiger partial charge < -0.3 is 11.1 Å². The van der Waals surface area contributed by atoms with Crippen LogP contribution < -0.4 is 11.1 Å². The molecule has 0 saturated heterocycles. The molecule has 0 fully saturated rings. The van der Waals surface area contributed by atoms with E-state index in [-0.39, 0.29) is 5.91 Å². The smallest absolute Gasteiger partial charge is 0.263 e. The number of amides is 1. The second kappa shape index (κ2) is 6.06. The van der Waals surface area contributed by atoms with Crippen molar-refractivity contribution in [1.29, 1.82) is 0 Å². The molecule has 0 aliphatic carbocycles. The average molecular weight is 366 g/mol. The van der Waals surface area contributed by atoms with Crippen LogP contribution in [-0.2, 0) is 13.6 Å². The Morgan fingerprint density at radius 3 is 2.92 bits per heavy atom. The summed E-state index contributed by atoms with van der Waals surface area (Å²) >= 11 is 1.27. The van der Waals surface area contributed by atoms with Gasteiger partial charge in [-0.15, -0.1) is 16.4 Å². The minimum Gasteiger partial charge on any atom is -0.397 e. The summed E-state index contributed by atoms with van der Waals surface area (Å²) in [5, 5.41) is 17.3. The molecule has 1 amide bonds. The number of nitrogens with zero attached hydrogens (tertiary/aromatic N) is 4. The van der Waals surface area contributed by atoms with Crippen molar-refractivity contribution in [2.24, 2.45) is 7.05 Å². The van der Waals surface area contributed by atoms with Gasteiger partial charge in [0.1, 0.15) is 9.71 Å². The Labute approximate surface area is 153 Å². The molecule has 4 rings (SSSR count). The van der Waals surface area contributed by atoms with Crippen molar-refractivity contribution in [3.05, 3.63) is 46.1 Å². The van der Waals surface area contributed by atoms with Crippen LogP contribution in [0.2, 0.25) is 0 Å². The molecule has 8 heteroatoms. The molecule has 3 heterocycles. The van der Waals surface area contributed by atoms with Gasteiger partial charge in [-0.1, -0.05) is 6.07 Å². The van der Waals surface area contributed by atoms with Gasteiger partial charge in [0.2, 0.25) is 0 Å². The number of rotatable bonds is 3. The molecule has 0 spiro atoms. The summed E-state index contributed by atoms with van der Waals surface area (Å²) in [5.41, 5.74) is 10.5. The van der Waals surface area contributed by atoms with Gasteiger partial charge in [-0.25, -0.2) is 0 Å². The number of nitrogens with two attached hydrogens (primary N) is 1. The maximum Gasteiger partial charge on any atom is 0.263 e. The molecule has 0 bridgehead atoms. The Morgan fingerprint density at radius 1 is 1.31 bits per heavy atom. The molecule has 3 aromatic heterocycles. The van der Waals surface area contributed by atoms with E-state index in [1.165, 1.54) is 11.3 Å². The molecule has 0 aliphatic heterocycles. The molecule has 7 nitrogen and oxygen atoms in total. The second-order valence-corrected chi connectivity index (χ2v) is 7.28. The summed E-state index contributed by atoms with van der Waals surface area (Å²) in [6.07, 6.45) is 1.81. The number of aryl methyl sites for hydroxylation is 3. The van der Waals surface area contributed by atoms with E-state index >= 15 is 0 Å². The first kappa shape index (κ1) is 16.5. The Bertz CT molecular complexity index is 1160. The summed E-state index contributed by atoms with van der Waals surface area (Å²) in [6, 6.07) is 6.01. The van der Waals surface area contributed by atoms with E-state index in [2.05, 4.69) is 20.6 Å². The summed E-state index contributed by atoms with van der Waals surface area (Å²) < 4.78 is 1.82. The number of thiophene rings is 1. The van der Waals surface area contributed by atoms with Gasteiger partial charge in [-0.2, -0.15) is 10.2 Å². The highest BCUT2D eigenvalue weighted by Gasteiger charge is 2.19. The predicted octanol–water partition coefficient (Wildman–Crippen LogP) is 2.71. The Hall–Kier alpha value is -3.00. The van der Waals surface area contributed by atoms with E-state index < -0.39 is 0 Å². The lowest BCUT2D eigenvalue weighted by molar-refractivity contribution is 0.0956. The van der Waals surface area contributed by atoms with Crippen LogP contribution in [0.25, 0.3) is 21.1 Å². The molecule has 132 valence electrons. The number of hydrogen-bond donors (Lipinski definition) is 2. The van der Waals surface area contributed by atoms with Crippen molar-refractivity contribution >= 4 is 44.1 Å². The van der Waals surface area contributed by atoms with Crippen LogP contribution in [0.5, 0.6) is 0 Å².